The standard InChI is InChI=1S/C21H37NO11/c1-6-21(4,7-2)18-11(22-9(3)24)15(12(25)10(8-23)31-18)32-20-14(27)13(26)16(30-5)17(33-20)19(28)29/h10-18,20,23,25-27H,6-8H2,1-5H3,(H,22,24)(H,28,29). The number of hydrogen-bond donors (Lipinski definition) is 6. The Morgan fingerprint density at radius 1 is 1.03 bits per heavy atom. The molecular formula is C21H37NO11. The Balaban J connectivity index is 2.44. The van der Waals surface area contributed by atoms with Crippen LogP contribution >= 0.6 is 0 Å². The van der Waals surface area contributed by atoms with Crippen LogP contribution in [0.25, 0.3) is 0 Å². The highest BCUT2D eigenvalue weighted by Gasteiger charge is 2.55. The highest BCUT2D eigenvalue weighted by Crippen LogP contribution is 2.40. The van der Waals surface area contributed by atoms with Gasteiger partial charge < -0.3 is 49.8 Å². The number of hydrogen-bond acceptors (Lipinski definition) is 10. The van der Waals surface area contributed by atoms with Gasteiger partial charge in [-0.25, -0.2) is 4.79 Å². The predicted molar refractivity (Wildman–Crippen MR) is 112 cm³/mol. The first-order valence-electron chi connectivity index (χ1n) is 11.1. The minimum Gasteiger partial charge on any atom is -0.479 e. The second-order valence-electron chi connectivity index (χ2n) is 8.90. The molecule has 0 aromatic rings. The molecule has 192 valence electrons. The maximum Gasteiger partial charge on any atom is 0.335 e. The van der Waals surface area contributed by atoms with E-state index in [9.17, 15) is 35.1 Å². The van der Waals surface area contributed by atoms with Gasteiger partial charge >= 0.3 is 5.97 Å². The van der Waals surface area contributed by atoms with Crippen molar-refractivity contribution in [3.63, 3.8) is 0 Å². The van der Waals surface area contributed by atoms with Gasteiger partial charge in [-0.3, -0.25) is 4.79 Å². The number of carbonyl (C=O) groups is 2. The van der Waals surface area contributed by atoms with Crippen molar-refractivity contribution in [1.82, 2.24) is 5.32 Å². The summed E-state index contributed by atoms with van der Waals surface area (Å²) >= 11 is 0. The number of carboxylic acids is 1. The SMILES string of the molecule is CCC(C)(CC)C1OC(CO)C(O)C(OC2OC(C(=O)O)C(OC)C(O)C2O)C1NC(C)=O. The van der Waals surface area contributed by atoms with Crippen LogP contribution in [0.2, 0.25) is 0 Å². The molecule has 12 nitrogen and oxygen atoms in total. The zero-order valence-electron chi connectivity index (χ0n) is 19.6. The van der Waals surface area contributed by atoms with E-state index in [1.807, 2.05) is 20.8 Å². The first kappa shape index (κ1) is 27.9. The van der Waals surface area contributed by atoms with Gasteiger partial charge in [-0.05, 0) is 18.3 Å². The number of carboxylic acid groups (broad SMARTS) is 1. The molecule has 0 saturated carbocycles. The van der Waals surface area contributed by atoms with Crippen LogP contribution in [-0.2, 0) is 28.5 Å². The monoisotopic (exact) mass is 479 g/mol. The maximum atomic E-state index is 12.0. The number of aliphatic hydroxyl groups excluding tert-OH is 4. The fourth-order valence-electron chi connectivity index (χ4n) is 4.47. The van der Waals surface area contributed by atoms with E-state index in [2.05, 4.69) is 5.32 Å². The Kier molecular flexibility index (Phi) is 9.59. The van der Waals surface area contributed by atoms with E-state index >= 15 is 0 Å². The molecule has 0 spiro atoms. The van der Waals surface area contributed by atoms with Gasteiger partial charge in [-0.1, -0.05) is 20.8 Å². The van der Waals surface area contributed by atoms with E-state index in [0.717, 1.165) is 0 Å². The van der Waals surface area contributed by atoms with Crippen LogP contribution in [-0.4, -0.2) is 112 Å². The molecule has 2 aliphatic rings. The Hall–Kier alpha value is -1.38. The third kappa shape index (κ3) is 5.65. The number of methoxy groups -OCH3 is 1. The van der Waals surface area contributed by atoms with E-state index < -0.39 is 85.1 Å². The minimum atomic E-state index is -1.71. The van der Waals surface area contributed by atoms with Crippen molar-refractivity contribution < 1.29 is 54.1 Å². The average Bonchev–Trinajstić information content (AvgIpc) is 2.77. The molecule has 1 amide bonds. The normalized spacial score (nSPS) is 39.8. The van der Waals surface area contributed by atoms with Crippen molar-refractivity contribution >= 4 is 11.9 Å². The van der Waals surface area contributed by atoms with Crippen LogP contribution in [0.1, 0.15) is 40.5 Å². The fraction of sp³-hybridized carbons (Fsp3) is 0.905. The Bertz CT molecular complexity index is 673. The zero-order chi connectivity index (χ0) is 25.1. The summed E-state index contributed by atoms with van der Waals surface area (Å²) in [5.41, 5.74) is -0.488. The largest absolute Gasteiger partial charge is 0.479 e. The van der Waals surface area contributed by atoms with E-state index in [-0.39, 0.29) is 0 Å². The second kappa shape index (κ2) is 11.4. The van der Waals surface area contributed by atoms with E-state index in [1.165, 1.54) is 14.0 Å². The Morgan fingerprint density at radius 2 is 1.64 bits per heavy atom. The third-order valence-corrected chi connectivity index (χ3v) is 6.92. The van der Waals surface area contributed by atoms with E-state index in [1.54, 1.807) is 0 Å². The van der Waals surface area contributed by atoms with Crippen LogP contribution in [0.5, 0.6) is 0 Å². The molecule has 0 aromatic heterocycles. The molecule has 12 heteroatoms. The van der Waals surface area contributed by atoms with Gasteiger partial charge in [0.2, 0.25) is 5.91 Å². The highest BCUT2D eigenvalue weighted by molar-refractivity contribution is 5.74. The average molecular weight is 480 g/mol. The fourth-order valence-corrected chi connectivity index (χ4v) is 4.47. The molecule has 2 fully saturated rings. The van der Waals surface area contributed by atoms with Crippen molar-refractivity contribution in [2.75, 3.05) is 13.7 Å². The minimum absolute atomic E-state index is 0.431. The smallest absolute Gasteiger partial charge is 0.335 e. The summed E-state index contributed by atoms with van der Waals surface area (Å²) in [5, 5.41) is 53.8. The Labute approximate surface area is 192 Å². The predicted octanol–water partition coefficient (Wildman–Crippen LogP) is -1.63. The Morgan fingerprint density at radius 3 is 2.09 bits per heavy atom. The molecule has 10 atom stereocenters. The molecule has 2 saturated heterocycles. The van der Waals surface area contributed by atoms with Crippen molar-refractivity contribution in [2.45, 2.75) is 102 Å². The van der Waals surface area contributed by atoms with Gasteiger partial charge in [0.15, 0.2) is 12.4 Å². The van der Waals surface area contributed by atoms with Crippen LogP contribution in [0, 0.1) is 5.41 Å². The topological polar surface area (TPSA) is 184 Å². The van der Waals surface area contributed by atoms with Crippen molar-refractivity contribution in [3.8, 4) is 0 Å². The third-order valence-electron chi connectivity index (χ3n) is 6.92. The van der Waals surface area contributed by atoms with Crippen LogP contribution in [0.4, 0.5) is 0 Å². The number of aliphatic hydroxyl groups is 4. The summed E-state index contributed by atoms with van der Waals surface area (Å²) in [6.45, 7) is 6.56. The van der Waals surface area contributed by atoms with Gasteiger partial charge in [0.25, 0.3) is 0 Å². The van der Waals surface area contributed by atoms with Gasteiger partial charge in [-0.2, -0.15) is 0 Å². The summed E-state index contributed by atoms with van der Waals surface area (Å²) in [6, 6.07) is -0.929. The van der Waals surface area contributed by atoms with Crippen molar-refractivity contribution in [3.05, 3.63) is 0 Å². The summed E-state index contributed by atoms with van der Waals surface area (Å²) in [7, 11) is 1.17. The van der Waals surface area contributed by atoms with Gasteiger partial charge in [-0.15, -0.1) is 0 Å². The summed E-state index contributed by atoms with van der Waals surface area (Å²) < 4.78 is 22.2. The molecule has 0 bridgehead atoms. The van der Waals surface area contributed by atoms with Crippen LogP contribution < -0.4 is 5.32 Å². The summed E-state index contributed by atoms with van der Waals surface area (Å²) in [4.78, 5) is 23.7. The number of amides is 1. The molecular weight excluding hydrogens is 442 g/mol. The zero-order valence-corrected chi connectivity index (χ0v) is 19.6. The molecule has 33 heavy (non-hydrogen) atoms. The van der Waals surface area contributed by atoms with Crippen LogP contribution in [0.3, 0.4) is 0 Å². The molecule has 2 heterocycles. The lowest BCUT2D eigenvalue weighted by molar-refractivity contribution is -0.331. The maximum absolute atomic E-state index is 12.0. The van der Waals surface area contributed by atoms with Gasteiger partial charge in [0.1, 0.15) is 36.6 Å². The molecule has 0 radical (unpaired) electrons. The lowest BCUT2D eigenvalue weighted by atomic mass is 9.72. The van der Waals surface area contributed by atoms with Crippen molar-refractivity contribution in [2.24, 2.45) is 5.41 Å². The second-order valence-corrected chi connectivity index (χ2v) is 8.90. The first-order chi connectivity index (χ1) is 15.4. The van der Waals surface area contributed by atoms with Crippen LogP contribution in [0.15, 0.2) is 0 Å². The molecule has 6 N–H and O–H groups in total. The first-order valence-corrected chi connectivity index (χ1v) is 11.1. The van der Waals surface area contributed by atoms with E-state index in [0.29, 0.717) is 12.8 Å². The number of nitrogens with one attached hydrogen (secondary N) is 1. The van der Waals surface area contributed by atoms with Crippen molar-refractivity contribution in [1.29, 1.82) is 0 Å². The number of carbonyl (C=O) groups excluding carboxylic acids is 1. The van der Waals surface area contributed by atoms with Gasteiger partial charge in [0, 0.05) is 14.0 Å². The lowest BCUT2D eigenvalue weighted by Gasteiger charge is -2.52. The van der Waals surface area contributed by atoms with Gasteiger partial charge in [0.05, 0.1) is 18.8 Å². The highest BCUT2D eigenvalue weighted by atomic mass is 16.7. The number of rotatable bonds is 9. The lowest BCUT2D eigenvalue weighted by Crippen LogP contribution is -2.70. The number of aliphatic carboxylic acids is 1. The number of ether oxygens (including phenoxy) is 4. The molecule has 2 aliphatic heterocycles. The van der Waals surface area contributed by atoms with E-state index in [4.69, 9.17) is 18.9 Å². The summed E-state index contributed by atoms with van der Waals surface area (Å²) in [5.74, 6) is -1.87. The quantitative estimate of drug-likeness (QED) is 0.223. The molecule has 2 rings (SSSR count). The summed E-state index contributed by atoms with van der Waals surface area (Å²) in [6.07, 6.45) is -11.3. The molecule has 10 unspecified atom stereocenters. The molecule has 0 aromatic carbocycles. The molecule has 0 aliphatic carbocycles.